The van der Waals surface area contributed by atoms with E-state index in [9.17, 15) is 14.9 Å². The lowest BCUT2D eigenvalue weighted by molar-refractivity contribution is -0.384. The van der Waals surface area contributed by atoms with Gasteiger partial charge in [-0.1, -0.05) is 0 Å². The minimum absolute atomic E-state index is 0.0544. The van der Waals surface area contributed by atoms with Gasteiger partial charge in [0, 0.05) is 19.2 Å². The fraction of sp³-hybridized carbons (Fsp3) is 0.417. The van der Waals surface area contributed by atoms with E-state index in [-0.39, 0.29) is 17.4 Å². The molecular formula is C12H14N2O5. The van der Waals surface area contributed by atoms with Crippen molar-refractivity contribution in [1.29, 1.82) is 0 Å². The van der Waals surface area contributed by atoms with Gasteiger partial charge in [0.2, 0.25) is 0 Å². The van der Waals surface area contributed by atoms with Crippen molar-refractivity contribution in [3.63, 3.8) is 0 Å². The largest absolute Gasteiger partial charge is 0.478 e. The van der Waals surface area contributed by atoms with Crippen molar-refractivity contribution in [1.82, 2.24) is 0 Å². The minimum Gasteiger partial charge on any atom is -0.478 e. The molecule has 0 radical (unpaired) electrons. The fourth-order valence-corrected chi connectivity index (χ4v) is 1.99. The number of rotatable bonds is 5. The van der Waals surface area contributed by atoms with Gasteiger partial charge in [-0.15, -0.1) is 0 Å². The molecule has 0 saturated carbocycles. The van der Waals surface area contributed by atoms with Crippen molar-refractivity contribution in [3.05, 3.63) is 33.9 Å². The topological polar surface area (TPSA) is 102 Å². The third-order valence-electron chi connectivity index (χ3n) is 2.99. The van der Waals surface area contributed by atoms with E-state index in [0.717, 1.165) is 18.9 Å². The molecule has 19 heavy (non-hydrogen) atoms. The summed E-state index contributed by atoms with van der Waals surface area (Å²) < 4.78 is 5.41. The number of carboxylic acids is 1. The summed E-state index contributed by atoms with van der Waals surface area (Å²) in [5, 5.41) is 22.7. The summed E-state index contributed by atoms with van der Waals surface area (Å²) >= 11 is 0. The number of nitrogens with one attached hydrogen (secondary N) is 1. The van der Waals surface area contributed by atoms with Crippen LogP contribution in [0, 0.1) is 10.1 Å². The number of benzene rings is 1. The van der Waals surface area contributed by atoms with Crippen molar-refractivity contribution >= 4 is 17.3 Å². The Labute approximate surface area is 109 Å². The number of ether oxygens (including phenoxy) is 1. The number of hydrogen-bond acceptors (Lipinski definition) is 5. The van der Waals surface area contributed by atoms with E-state index in [4.69, 9.17) is 9.84 Å². The molecule has 0 spiro atoms. The van der Waals surface area contributed by atoms with Crippen LogP contribution in [0.3, 0.4) is 0 Å². The monoisotopic (exact) mass is 266 g/mol. The molecule has 1 aliphatic rings. The maximum Gasteiger partial charge on any atom is 0.335 e. The Balaban J connectivity index is 2.14. The third kappa shape index (κ3) is 3.19. The van der Waals surface area contributed by atoms with E-state index in [0.29, 0.717) is 18.8 Å². The zero-order valence-electron chi connectivity index (χ0n) is 10.2. The molecule has 0 aromatic heterocycles. The SMILES string of the molecule is O=C(O)c1ccc(NC[C@@H]2CCCO2)c([N+](=O)[O-])c1. The molecule has 1 aromatic rings. The summed E-state index contributed by atoms with van der Waals surface area (Å²) in [5.74, 6) is -1.19. The molecule has 0 unspecified atom stereocenters. The first-order valence-electron chi connectivity index (χ1n) is 5.95. The van der Waals surface area contributed by atoms with Crippen molar-refractivity contribution in [2.24, 2.45) is 0 Å². The fourth-order valence-electron chi connectivity index (χ4n) is 1.99. The van der Waals surface area contributed by atoms with E-state index in [1.807, 2.05) is 0 Å². The number of nitro benzene ring substituents is 1. The van der Waals surface area contributed by atoms with Gasteiger partial charge in [0.15, 0.2) is 0 Å². The molecule has 1 aliphatic heterocycles. The average Bonchev–Trinajstić information content (AvgIpc) is 2.89. The molecule has 7 heteroatoms. The van der Waals surface area contributed by atoms with Crippen LogP contribution in [0.4, 0.5) is 11.4 Å². The second-order valence-electron chi connectivity index (χ2n) is 4.31. The van der Waals surface area contributed by atoms with E-state index < -0.39 is 10.9 Å². The maximum atomic E-state index is 10.9. The van der Waals surface area contributed by atoms with Gasteiger partial charge in [0.05, 0.1) is 16.6 Å². The normalized spacial score (nSPS) is 18.2. The number of anilines is 1. The predicted molar refractivity (Wildman–Crippen MR) is 67.5 cm³/mol. The molecule has 0 aliphatic carbocycles. The lowest BCUT2D eigenvalue weighted by Gasteiger charge is -2.12. The van der Waals surface area contributed by atoms with Gasteiger partial charge in [0.1, 0.15) is 5.69 Å². The molecule has 2 N–H and O–H groups in total. The first kappa shape index (κ1) is 13.3. The van der Waals surface area contributed by atoms with Crippen LogP contribution < -0.4 is 5.32 Å². The Morgan fingerprint density at radius 3 is 2.95 bits per heavy atom. The zero-order valence-corrected chi connectivity index (χ0v) is 10.2. The summed E-state index contributed by atoms with van der Waals surface area (Å²) in [4.78, 5) is 21.1. The maximum absolute atomic E-state index is 10.9. The molecule has 0 amide bonds. The second kappa shape index (κ2) is 5.66. The van der Waals surface area contributed by atoms with E-state index in [1.165, 1.54) is 12.1 Å². The molecule has 0 bridgehead atoms. The molecule has 1 heterocycles. The molecule has 2 rings (SSSR count). The molecule has 1 fully saturated rings. The average molecular weight is 266 g/mol. The zero-order chi connectivity index (χ0) is 13.8. The third-order valence-corrected chi connectivity index (χ3v) is 2.99. The summed E-state index contributed by atoms with van der Waals surface area (Å²) in [6, 6.07) is 3.81. The summed E-state index contributed by atoms with van der Waals surface area (Å²) in [6.07, 6.45) is 1.97. The van der Waals surface area contributed by atoms with Gasteiger partial charge in [0.25, 0.3) is 5.69 Å². The summed E-state index contributed by atoms with van der Waals surface area (Å²) in [6.45, 7) is 1.19. The minimum atomic E-state index is -1.19. The lowest BCUT2D eigenvalue weighted by Crippen LogP contribution is -2.19. The van der Waals surface area contributed by atoms with Gasteiger partial charge < -0.3 is 15.2 Å². The Kier molecular flexibility index (Phi) is 3.96. The summed E-state index contributed by atoms with van der Waals surface area (Å²) in [5.41, 5.74) is -0.0298. The van der Waals surface area contributed by atoms with Crippen LogP contribution in [0.2, 0.25) is 0 Å². The molecular weight excluding hydrogens is 252 g/mol. The first-order chi connectivity index (χ1) is 9.08. The quantitative estimate of drug-likeness (QED) is 0.623. The summed E-state index contributed by atoms with van der Waals surface area (Å²) in [7, 11) is 0. The van der Waals surface area contributed by atoms with E-state index in [1.54, 1.807) is 0 Å². The second-order valence-corrected chi connectivity index (χ2v) is 4.31. The Morgan fingerprint density at radius 2 is 2.37 bits per heavy atom. The highest BCUT2D eigenvalue weighted by atomic mass is 16.6. The molecule has 1 atom stereocenters. The molecule has 1 aromatic carbocycles. The van der Waals surface area contributed by atoms with Crippen LogP contribution in [0.25, 0.3) is 0 Å². The first-order valence-corrected chi connectivity index (χ1v) is 5.95. The van der Waals surface area contributed by atoms with Gasteiger partial charge in [-0.3, -0.25) is 10.1 Å². The highest BCUT2D eigenvalue weighted by molar-refractivity contribution is 5.89. The van der Waals surface area contributed by atoms with Crippen LogP contribution in [0.15, 0.2) is 18.2 Å². The van der Waals surface area contributed by atoms with Crippen LogP contribution in [-0.2, 0) is 4.74 Å². The van der Waals surface area contributed by atoms with Gasteiger partial charge in [-0.05, 0) is 25.0 Å². The Bertz CT molecular complexity index is 497. The standard InChI is InChI=1S/C12H14N2O5/c15-12(16)8-3-4-10(11(6-8)14(17)18)13-7-9-2-1-5-19-9/h3-4,6,9,13H,1-2,5,7H2,(H,15,16)/t9-/m0/s1. The van der Waals surface area contributed by atoms with Crippen LogP contribution in [-0.4, -0.2) is 35.3 Å². The number of hydrogen-bond donors (Lipinski definition) is 2. The van der Waals surface area contributed by atoms with E-state index >= 15 is 0 Å². The molecule has 7 nitrogen and oxygen atoms in total. The van der Waals surface area contributed by atoms with Crippen molar-refractivity contribution < 1.29 is 19.6 Å². The van der Waals surface area contributed by atoms with Crippen molar-refractivity contribution in [2.45, 2.75) is 18.9 Å². The van der Waals surface area contributed by atoms with Gasteiger partial charge in [-0.2, -0.15) is 0 Å². The van der Waals surface area contributed by atoms with Crippen LogP contribution in [0.1, 0.15) is 23.2 Å². The van der Waals surface area contributed by atoms with Gasteiger partial charge in [-0.25, -0.2) is 4.79 Å². The molecule has 102 valence electrons. The van der Waals surface area contributed by atoms with Gasteiger partial charge >= 0.3 is 5.97 Å². The van der Waals surface area contributed by atoms with Crippen LogP contribution in [0.5, 0.6) is 0 Å². The molecule has 1 saturated heterocycles. The predicted octanol–water partition coefficient (Wildman–Crippen LogP) is 1.88. The highest BCUT2D eigenvalue weighted by Gasteiger charge is 2.20. The van der Waals surface area contributed by atoms with Crippen molar-refractivity contribution in [3.8, 4) is 0 Å². The lowest BCUT2D eigenvalue weighted by atomic mass is 10.1. The number of nitro groups is 1. The Hall–Kier alpha value is -2.15. The highest BCUT2D eigenvalue weighted by Crippen LogP contribution is 2.26. The number of carbonyl (C=O) groups is 1. The smallest absolute Gasteiger partial charge is 0.335 e. The Morgan fingerprint density at radius 1 is 1.58 bits per heavy atom. The van der Waals surface area contributed by atoms with Crippen molar-refractivity contribution in [2.75, 3.05) is 18.5 Å². The number of carboxylic acid groups (broad SMARTS) is 1. The number of aromatic carboxylic acids is 1. The van der Waals surface area contributed by atoms with Crippen LogP contribution >= 0.6 is 0 Å². The number of nitrogens with zero attached hydrogens (tertiary/aromatic N) is 1. The van der Waals surface area contributed by atoms with E-state index in [2.05, 4.69) is 5.32 Å².